The molecule has 0 saturated heterocycles. The fourth-order valence-corrected chi connectivity index (χ4v) is 6.66. The van der Waals surface area contributed by atoms with Crippen molar-refractivity contribution in [2.45, 2.75) is 238 Å². The van der Waals surface area contributed by atoms with E-state index in [0.717, 1.165) is 70.6 Å². The first-order chi connectivity index (χ1) is 25.5. The number of carbonyl (C=O) groups excluding carboxylic acids is 2. The Kier molecular flexibility index (Phi) is 38.8. The van der Waals surface area contributed by atoms with E-state index in [-0.39, 0.29) is 24.9 Å². The molecule has 0 spiro atoms. The summed E-state index contributed by atoms with van der Waals surface area (Å²) in [7, 11) is 0. The third kappa shape index (κ3) is 35.1. The van der Waals surface area contributed by atoms with E-state index in [1.165, 1.54) is 103 Å². The molecule has 3 unspecified atom stereocenters. The number of rotatable bonds is 39. The van der Waals surface area contributed by atoms with Crippen LogP contribution < -0.4 is 5.32 Å². The predicted molar refractivity (Wildman–Crippen MR) is 222 cm³/mol. The fraction of sp³-hybridized carbons (Fsp3) is 0.826. The van der Waals surface area contributed by atoms with Crippen molar-refractivity contribution in [3.63, 3.8) is 0 Å². The van der Waals surface area contributed by atoms with Crippen LogP contribution in [0.3, 0.4) is 0 Å². The molecule has 0 aliphatic heterocycles. The summed E-state index contributed by atoms with van der Waals surface area (Å²) in [5.74, 6) is -0.509. The maximum absolute atomic E-state index is 13.1. The summed E-state index contributed by atoms with van der Waals surface area (Å²) >= 11 is 0. The standard InChI is InChI=1S/C46H85NO5/c1-4-7-10-13-16-19-21-22-24-27-29-32-35-38-44(49)43(41-48)47-45(50)40-42(37-34-31-28-26-23-20-17-14-11-8-5-2)52-46(51)39-36-33-30-25-18-15-12-9-6-3/h8,11,14,17,20,23,42-44,48-49H,4-7,9-10,12-13,15-16,18-19,21-22,24-41H2,1-3H3,(H,47,50)/b11-8+,17-14+,23-20-. The number of hydrogen-bond acceptors (Lipinski definition) is 5. The highest BCUT2D eigenvalue weighted by Crippen LogP contribution is 2.17. The van der Waals surface area contributed by atoms with E-state index >= 15 is 0 Å². The molecule has 0 saturated carbocycles. The van der Waals surface area contributed by atoms with Crippen molar-refractivity contribution in [1.82, 2.24) is 5.32 Å². The molecule has 52 heavy (non-hydrogen) atoms. The molecule has 3 atom stereocenters. The number of amides is 1. The topological polar surface area (TPSA) is 95.9 Å². The van der Waals surface area contributed by atoms with Gasteiger partial charge in [-0.25, -0.2) is 0 Å². The molecule has 6 nitrogen and oxygen atoms in total. The number of carbonyl (C=O) groups is 2. The Morgan fingerprint density at radius 2 is 1.04 bits per heavy atom. The van der Waals surface area contributed by atoms with Crippen LogP contribution in [0.1, 0.15) is 220 Å². The van der Waals surface area contributed by atoms with Crippen molar-refractivity contribution in [3.8, 4) is 0 Å². The maximum atomic E-state index is 13.1. The van der Waals surface area contributed by atoms with Crippen molar-refractivity contribution < 1.29 is 24.5 Å². The van der Waals surface area contributed by atoms with Gasteiger partial charge in [0.1, 0.15) is 6.10 Å². The molecule has 0 fully saturated rings. The van der Waals surface area contributed by atoms with Gasteiger partial charge in [-0.3, -0.25) is 9.59 Å². The minimum absolute atomic E-state index is 0.0570. The van der Waals surface area contributed by atoms with Gasteiger partial charge in [-0.2, -0.15) is 0 Å². The fourth-order valence-electron chi connectivity index (χ4n) is 6.66. The second-order valence-electron chi connectivity index (χ2n) is 15.1. The average Bonchev–Trinajstić information content (AvgIpc) is 3.13. The molecule has 0 heterocycles. The number of aliphatic hydroxyl groups excluding tert-OH is 2. The highest BCUT2D eigenvalue weighted by molar-refractivity contribution is 5.77. The van der Waals surface area contributed by atoms with Gasteiger partial charge in [0.25, 0.3) is 0 Å². The Morgan fingerprint density at radius 1 is 0.577 bits per heavy atom. The van der Waals surface area contributed by atoms with E-state index < -0.39 is 18.2 Å². The second kappa shape index (κ2) is 40.3. The van der Waals surface area contributed by atoms with Crippen molar-refractivity contribution in [2.24, 2.45) is 0 Å². The van der Waals surface area contributed by atoms with E-state index in [1.807, 2.05) is 12.2 Å². The van der Waals surface area contributed by atoms with E-state index in [9.17, 15) is 19.8 Å². The molecule has 304 valence electrons. The van der Waals surface area contributed by atoms with Crippen LogP contribution in [-0.4, -0.2) is 46.9 Å². The van der Waals surface area contributed by atoms with Crippen molar-refractivity contribution >= 4 is 11.9 Å². The van der Waals surface area contributed by atoms with Crippen LogP contribution >= 0.6 is 0 Å². The monoisotopic (exact) mass is 732 g/mol. The minimum Gasteiger partial charge on any atom is -0.462 e. The Labute approximate surface area is 322 Å². The van der Waals surface area contributed by atoms with Crippen LogP contribution in [0.15, 0.2) is 36.5 Å². The summed E-state index contributed by atoms with van der Waals surface area (Å²) in [4.78, 5) is 25.9. The van der Waals surface area contributed by atoms with Gasteiger partial charge in [-0.15, -0.1) is 0 Å². The lowest BCUT2D eigenvalue weighted by Crippen LogP contribution is -2.46. The zero-order valence-electron chi connectivity index (χ0n) is 34.4. The summed E-state index contributed by atoms with van der Waals surface area (Å²) in [6.07, 6.45) is 44.9. The first kappa shape index (κ1) is 50.1. The largest absolute Gasteiger partial charge is 0.462 e. The molecule has 0 aliphatic carbocycles. The zero-order valence-corrected chi connectivity index (χ0v) is 34.4. The molecule has 1 amide bonds. The molecular weight excluding hydrogens is 647 g/mol. The highest BCUT2D eigenvalue weighted by Gasteiger charge is 2.24. The predicted octanol–water partition coefficient (Wildman–Crippen LogP) is 12.6. The van der Waals surface area contributed by atoms with Crippen LogP contribution in [0, 0.1) is 0 Å². The quantitative estimate of drug-likeness (QED) is 0.0332. The normalized spacial score (nSPS) is 13.7. The number of unbranched alkanes of at least 4 members (excludes halogenated alkanes) is 23. The van der Waals surface area contributed by atoms with E-state index in [4.69, 9.17) is 4.74 Å². The molecule has 6 heteroatoms. The summed E-state index contributed by atoms with van der Waals surface area (Å²) in [5.41, 5.74) is 0. The van der Waals surface area contributed by atoms with E-state index in [1.54, 1.807) is 0 Å². The molecular formula is C46H85NO5. The summed E-state index contributed by atoms with van der Waals surface area (Å²) in [5, 5.41) is 23.6. The van der Waals surface area contributed by atoms with Gasteiger partial charge in [-0.1, -0.05) is 198 Å². The SMILES string of the molecule is CC/C=C/C=C/C=C\CCCCCC(CC(=O)NC(CO)C(O)CCCCCCCCCCCCCCC)OC(=O)CCCCCCCCCCC. The van der Waals surface area contributed by atoms with E-state index in [0.29, 0.717) is 19.3 Å². The number of nitrogens with one attached hydrogen (secondary N) is 1. The van der Waals surface area contributed by atoms with Crippen LogP contribution in [0.5, 0.6) is 0 Å². The van der Waals surface area contributed by atoms with Gasteiger partial charge in [0.2, 0.25) is 5.91 Å². The Morgan fingerprint density at radius 3 is 1.56 bits per heavy atom. The third-order valence-electron chi connectivity index (χ3n) is 10.0. The van der Waals surface area contributed by atoms with Crippen LogP contribution in [0.25, 0.3) is 0 Å². The first-order valence-corrected chi connectivity index (χ1v) is 22.2. The highest BCUT2D eigenvalue weighted by atomic mass is 16.5. The van der Waals surface area contributed by atoms with Crippen LogP contribution in [-0.2, 0) is 14.3 Å². The van der Waals surface area contributed by atoms with Gasteiger partial charge in [-0.05, 0) is 44.9 Å². The molecule has 0 radical (unpaired) electrons. The van der Waals surface area contributed by atoms with Crippen molar-refractivity contribution in [2.75, 3.05) is 6.61 Å². The number of esters is 1. The molecule has 0 aromatic heterocycles. The van der Waals surface area contributed by atoms with Gasteiger partial charge in [0.05, 0.1) is 25.2 Å². The lowest BCUT2D eigenvalue weighted by Gasteiger charge is -2.24. The number of allylic oxidation sites excluding steroid dienone is 6. The van der Waals surface area contributed by atoms with Crippen LogP contribution in [0.2, 0.25) is 0 Å². The molecule has 3 N–H and O–H groups in total. The Balaban J connectivity index is 4.58. The maximum Gasteiger partial charge on any atom is 0.306 e. The van der Waals surface area contributed by atoms with Gasteiger partial charge in [0, 0.05) is 6.42 Å². The number of ether oxygens (including phenoxy) is 1. The minimum atomic E-state index is -0.792. The molecule has 0 aromatic carbocycles. The van der Waals surface area contributed by atoms with E-state index in [2.05, 4.69) is 50.4 Å². The van der Waals surface area contributed by atoms with Crippen molar-refractivity contribution in [3.05, 3.63) is 36.5 Å². The Bertz CT molecular complexity index is 869. The van der Waals surface area contributed by atoms with Gasteiger partial charge >= 0.3 is 5.97 Å². The molecule has 0 rings (SSSR count). The van der Waals surface area contributed by atoms with Gasteiger partial charge in [0.15, 0.2) is 0 Å². The third-order valence-corrected chi connectivity index (χ3v) is 10.0. The lowest BCUT2D eigenvalue weighted by molar-refractivity contribution is -0.151. The smallest absolute Gasteiger partial charge is 0.306 e. The molecule has 0 aliphatic rings. The first-order valence-electron chi connectivity index (χ1n) is 22.2. The van der Waals surface area contributed by atoms with Crippen molar-refractivity contribution in [1.29, 1.82) is 0 Å². The summed E-state index contributed by atoms with van der Waals surface area (Å²) in [6.45, 7) is 6.30. The van der Waals surface area contributed by atoms with Gasteiger partial charge < -0.3 is 20.3 Å². The number of hydrogen-bond donors (Lipinski definition) is 3. The second-order valence-corrected chi connectivity index (χ2v) is 15.1. The lowest BCUT2D eigenvalue weighted by atomic mass is 10.0. The molecule has 0 bridgehead atoms. The Hall–Kier alpha value is -1.92. The molecule has 0 aromatic rings. The van der Waals surface area contributed by atoms with Crippen LogP contribution in [0.4, 0.5) is 0 Å². The number of aliphatic hydroxyl groups is 2. The average molecular weight is 732 g/mol. The summed E-state index contributed by atoms with van der Waals surface area (Å²) < 4.78 is 5.86. The zero-order chi connectivity index (χ0) is 38.2. The summed E-state index contributed by atoms with van der Waals surface area (Å²) in [6, 6.07) is -0.707.